The molecule has 0 aromatic heterocycles. The van der Waals surface area contributed by atoms with Crippen molar-refractivity contribution in [2.75, 3.05) is 18.0 Å². The van der Waals surface area contributed by atoms with Crippen LogP contribution in [-0.4, -0.2) is 24.7 Å². The van der Waals surface area contributed by atoms with Crippen molar-refractivity contribution in [2.24, 2.45) is 0 Å². The Balaban J connectivity index is 1.86. The average Bonchev–Trinajstić information content (AvgIpc) is 2.43. The van der Waals surface area contributed by atoms with E-state index in [-0.39, 0.29) is 0 Å². The lowest BCUT2D eigenvalue weighted by atomic mass is 9.79. The highest BCUT2D eigenvalue weighted by molar-refractivity contribution is 9.10. The molecule has 0 amide bonds. The Hall–Kier alpha value is -0.250. The summed E-state index contributed by atoms with van der Waals surface area (Å²) in [6.45, 7) is 4.47. The van der Waals surface area contributed by atoms with Crippen LogP contribution in [0.3, 0.4) is 0 Å². The molecule has 1 atom stereocenters. The molecule has 1 N–H and O–H groups in total. The average molecular weight is 358 g/mol. The molecule has 3 rings (SSSR count). The van der Waals surface area contributed by atoms with Crippen LogP contribution in [0.4, 0.5) is 5.69 Å². The van der Waals surface area contributed by atoms with Gasteiger partial charge in [-0.25, -0.2) is 0 Å². The molecule has 1 aliphatic heterocycles. The molecular formula is C16H22BrClN2. The Morgan fingerprint density at radius 3 is 2.75 bits per heavy atom. The molecule has 1 heterocycles. The summed E-state index contributed by atoms with van der Waals surface area (Å²) in [5.41, 5.74) is 1.59. The van der Waals surface area contributed by atoms with Crippen molar-refractivity contribution in [2.45, 2.75) is 50.6 Å². The number of piperazine rings is 1. The fourth-order valence-electron chi connectivity index (χ4n) is 3.61. The van der Waals surface area contributed by atoms with Crippen LogP contribution in [0, 0.1) is 0 Å². The van der Waals surface area contributed by atoms with Crippen LogP contribution in [0.2, 0.25) is 5.02 Å². The molecule has 110 valence electrons. The van der Waals surface area contributed by atoms with Crippen LogP contribution in [0.5, 0.6) is 0 Å². The van der Waals surface area contributed by atoms with Gasteiger partial charge in [-0.05, 0) is 53.9 Å². The number of halogens is 2. The Labute approximate surface area is 135 Å². The Kier molecular flexibility index (Phi) is 4.30. The minimum absolute atomic E-state index is 0.323. The number of nitrogens with zero attached hydrogens (tertiary/aromatic N) is 1. The lowest BCUT2D eigenvalue weighted by molar-refractivity contribution is 0.200. The van der Waals surface area contributed by atoms with Crippen molar-refractivity contribution in [1.29, 1.82) is 0 Å². The van der Waals surface area contributed by atoms with Crippen LogP contribution in [0.25, 0.3) is 0 Å². The standard InChI is InChI=1S/C16H22BrClN2/c1-12-10-19-16(7-3-2-4-8-16)11-20(12)15-6-5-13(18)9-14(15)17/h5-6,9,12,19H,2-4,7-8,10-11H2,1H3. The van der Waals surface area contributed by atoms with Gasteiger partial charge in [0.25, 0.3) is 0 Å². The van der Waals surface area contributed by atoms with Gasteiger partial charge < -0.3 is 10.2 Å². The number of benzene rings is 1. The first-order valence-electron chi connectivity index (χ1n) is 7.56. The van der Waals surface area contributed by atoms with E-state index in [9.17, 15) is 0 Å². The van der Waals surface area contributed by atoms with Crippen LogP contribution in [0.1, 0.15) is 39.0 Å². The number of hydrogen-bond acceptors (Lipinski definition) is 2. The summed E-state index contributed by atoms with van der Waals surface area (Å²) in [5.74, 6) is 0. The largest absolute Gasteiger partial charge is 0.365 e. The molecule has 2 fully saturated rings. The summed E-state index contributed by atoms with van der Waals surface area (Å²) in [7, 11) is 0. The second kappa shape index (κ2) is 5.86. The van der Waals surface area contributed by atoms with Crippen molar-refractivity contribution in [3.8, 4) is 0 Å². The number of anilines is 1. The second-order valence-corrected chi connectivity index (χ2v) is 7.59. The zero-order valence-corrected chi connectivity index (χ0v) is 14.3. The first kappa shape index (κ1) is 14.7. The number of hydrogen-bond donors (Lipinski definition) is 1. The van der Waals surface area contributed by atoms with Gasteiger partial charge in [-0.15, -0.1) is 0 Å². The molecule has 0 bridgehead atoms. The number of rotatable bonds is 1. The molecule has 1 aromatic carbocycles. The third kappa shape index (κ3) is 2.86. The maximum Gasteiger partial charge on any atom is 0.0515 e. The van der Waals surface area contributed by atoms with E-state index >= 15 is 0 Å². The van der Waals surface area contributed by atoms with Gasteiger partial charge in [-0.1, -0.05) is 30.9 Å². The molecule has 20 heavy (non-hydrogen) atoms. The maximum absolute atomic E-state index is 6.07. The van der Waals surface area contributed by atoms with Gasteiger partial charge in [0.05, 0.1) is 5.69 Å². The van der Waals surface area contributed by atoms with E-state index in [0.29, 0.717) is 11.6 Å². The molecule has 0 radical (unpaired) electrons. The SMILES string of the molecule is CC1CNC2(CCCCC2)CN1c1ccc(Cl)cc1Br. The lowest BCUT2D eigenvalue weighted by Gasteiger charge is -2.50. The summed E-state index contributed by atoms with van der Waals surface area (Å²) in [5, 5.41) is 4.62. The van der Waals surface area contributed by atoms with Crippen molar-refractivity contribution >= 4 is 33.2 Å². The van der Waals surface area contributed by atoms with E-state index in [0.717, 1.165) is 22.6 Å². The number of nitrogens with one attached hydrogen (secondary N) is 1. The fraction of sp³-hybridized carbons (Fsp3) is 0.625. The smallest absolute Gasteiger partial charge is 0.0515 e. The highest BCUT2D eigenvalue weighted by Crippen LogP contribution is 2.37. The predicted octanol–water partition coefficient (Wildman–Crippen LogP) is 4.60. The van der Waals surface area contributed by atoms with Gasteiger partial charge in [0, 0.05) is 34.2 Å². The molecule has 1 saturated carbocycles. The second-order valence-electron chi connectivity index (χ2n) is 6.29. The van der Waals surface area contributed by atoms with Gasteiger partial charge in [0.1, 0.15) is 0 Å². The van der Waals surface area contributed by atoms with E-state index in [1.807, 2.05) is 12.1 Å². The highest BCUT2D eigenvalue weighted by Gasteiger charge is 2.39. The third-order valence-electron chi connectivity index (χ3n) is 4.81. The molecule has 1 saturated heterocycles. The van der Waals surface area contributed by atoms with Crippen LogP contribution >= 0.6 is 27.5 Å². The summed E-state index contributed by atoms with van der Waals surface area (Å²) in [6, 6.07) is 6.65. The Morgan fingerprint density at radius 1 is 1.30 bits per heavy atom. The van der Waals surface area contributed by atoms with E-state index in [2.05, 4.69) is 39.1 Å². The van der Waals surface area contributed by atoms with Crippen LogP contribution in [-0.2, 0) is 0 Å². The van der Waals surface area contributed by atoms with E-state index < -0.39 is 0 Å². The lowest BCUT2D eigenvalue weighted by Crippen LogP contribution is -2.64. The predicted molar refractivity (Wildman–Crippen MR) is 89.8 cm³/mol. The highest BCUT2D eigenvalue weighted by atomic mass is 79.9. The van der Waals surface area contributed by atoms with Gasteiger partial charge in [0.15, 0.2) is 0 Å². The molecule has 2 aliphatic rings. The summed E-state index contributed by atoms with van der Waals surface area (Å²) in [4.78, 5) is 2.54. The van der Waals surface area contributed by atoms with Gasteiger partial charge in [-0.2, -0.15) is 0 Å². The minimum Gasteiger partial charge on any atom is -0.365 e. The fourth-order valence-corrected chi connectivity index (χ4v) is 4.52. The quantitative estimate of drug-likeness (QED) is 0.790. The van der Waals surface area contributed by atoms with Gasteiger partial charge >= 0.3 is 0 Å². The molecule has 1 aromatic rings. The molecule has 1 unspecified atom stereocenters. The normalized spacial score (nSPS) is 25.9. The summed E-state index contributed by atoms with van der Waals surface area (Å²) < 4.78 is 1.10. The first-order chi connectivity index (χ1) is 9.60. The zero-order chi connectivity index (χ0) is 14.2. The topological polar surface area (TPSA) is 15.3 Å². The van der Waals surface area contributed by atoms with Crippen LogP contribution < -0.4 is 10.2 Å². The van der Waals surface area contributed by atoms with Crippen molar-refractivity contribution in [3.05, 3.63) is 27.7 Å². The maximum atomic E-state index is 6.07. The molecular weight excluding hydrogens is 336 g/mol. The monoisotopic (exact) mass is 356 g/mol. The molecule has 4 heteroatoms. The first-order valence-corrected chi connectivity index (χ1v) is 8.73. The van der Waals surface area contributed by atoms with Crippen LogP contribution in [0.15, 0.2) is 22.7 Å². The Bertz CT molecular complexity index is 485. The van der Waals surface area contributed by atoms with Gasteiger partial charge in [-0.3, -0.25) is 0 Å². The summed E-state index contributed by atoms with van der Waals surface area (Å²) in [6.07, 6.45) is 6.72. The summed E-state index contributed by atoms with van der Waals surface area (Å²) >= 11 is 9.75. The Morgan fingerprint density at radius 2 is 2.05 bits per heavy atom. The van der Waals surface area contributed by atoms with E-state index in [4.69, 9.17) is 11.6 Å². The zero-order valence-electron chi connectivity index (χ0n) is 12.0. The van der Waals surface area contributed by atoms with E-state index in [1.165, 1.54) is 37.8 Å². The molecule has 1 spiro atoms. The molecule has 2 nitrogen and oxygen atoms in total. The van der Waals surface area contributed by atoms with Crippen molar-refractivity contribution in [3.63, 3.8) is 0 Å². The van der Waals surface area contributed by atoms with Crippen molar-refractivity contribution in [1.82, 2.24) is 5.32 Å². The minimum atomic E-state index is 0.323. The third-order valence-corrected chi connectivity index (χ3v) is 5.68. The van der Waals surface area contributed by atoms with E-state index in [1.54, 1.807) is 0 Å². The molecule has 1 aliphatic carbocycles. The van der Waals surface area contributed by atoms with Gasteiger partial charge in [0.2, 0.25) is 0 Å². The van der Waals surface area contributed by atoms with Crippen molar-refractivity contribution < 1.29 is 0 Å².